The zero-order chi connectivity index (χ0) is 30.5. The lowest BCUT2D eigenvalue weighted by Crippen LogP contribution is -2.44. The Morgan fingerprint density at radius 3 is 2.63 bits per heavy atom. The van der Waals surface area contributed by atoms with Gasteiger partial charge in [0.25, 0.3) is 5.91 Å². The molecule has 0 radical (unpaired) electrons. The van der Waals surface area contributed by atoms with Crippen molar-refractivity contribution in [3.8, 4) is 0 Å². The number of nitrogens with zero attached hydrogens (tertiary/aromatic N) is 6. The number of hydrazone groups is 1. The van der Waals surface area contributed by atoms with E-state index in [4.69, 9.17) is 9.84 Å². The molecule has 0 bridgehead atoms. The zero-order valence-electron chi connectivity index (χ0n) is 24.9. The second-order valence-corrected chi connectivity index (χ2v) is 16.0. The molecule has 12 heteroatoms. The molecule has 226 valence electrons. The van der Waals surface area contributed by atoms with Gasteiger partial charge in [-0.1, -0.05) is 42.5 Å². The van der Waals surface area contributed by atoms with Crippen molar-refractivity contribution in [1.82, 2.24) is 15.0 Å². The quantitative estimate of drug-likeness (QED) is 0.305. The lowest BCUT2D eigenvalue weighted by molar-refractivity contribution is -0.145. The Kier molecular flexibility index (Phi) is 7.55. The monoisotopic (exact) mass is 604 g/mol. The number of hydrogen-bond donors (Lipinski definition) is 1. The van der Waals surface area contributed by atoms with Gasteiger partial charge in [-0.3, -0.25) is 14.3 Å². The van der Waals surface area contributed by atoms with Crippen LogP contribution in [0.25, 0.3) is 0 Å². The third kappa shape index (κ3) is 5.00. The first-order valence-electron chi connectivity index (χ1n) is 14.8. The predicted octanol–water partition coefficient (Wildman–Crippen LogP) is 4.19. The van der Waals surface area contributed by atoms with Crippen LogP contribution in [-0.4, -0.2) is 65.8 Å². The minimum atomic E-state index is -3.33. The Morgan fingerprint density at radius 2 is 1.91 bits per heavy atom. The molecule has 0 saturated carbocycles. The van der Waals surface area contributed by atoms with Crippen LogP contribution >= 0.6 is 0 Å². The summed E-state index contributed by atoms with van der Waals surface area (Å²) in [4.78, 5) is 28.8. The molecule has 4 atom stereocenters. The number of rotatable bonds is 8. The normalized spacial score (nSPS) is 25.5. The number of aliphatic hydroxyl groups is 1. The van der Waals surface area contributed by atoms with E-state index in [0.29, 0.717) is 54.9 Å². The molecule has 3 aliphatic rings. The third-order valence-corrected chi connectivity index (χ3v) is 11.5. The summed E-state index contributed by atoms with van der Waals surface area (Å²) in [5.74, 6) is -0.813. The molecule has 1 saturated heterocycles. The maximum Gasteiger partial charge on any atom is 0.264 e. The summed E-state index contributed by atoms with van der Waals surface area (Å²) in [6.45, 7) is 5.67. The van der Waals surface area contributed by atoms with Crippen molar-refractivity contribution >= 4 is 37.3 Å². The predicted molar refractivity (Wildman–Crippen MR) is 163 cm³/mol. The summed E-state index contributed by atoms with van der Waals surface area (Å²) in [6, 6.07) is 15.2. The van der Waals surface area contributed by atoms with Crippen LogP contribution in [0.5, 0.6) is 0 Å². The topological polar surface area (TPSA) is 113 Å². The number of aliphatic hydroxyl groups excluding tert-OH is 1. The van der Waals surface area contributed by atoms with Gasteiger partial charge >= 0.3 is 0 Å². The van der Waals surface area contributed by atoms with E-state index in [1.54, 1.807) is 42.0 Å². The van der Waals surface area contributed by atoms with Gasteiger partial charge in [0.2, 0.25) is 14.3 Å². The van der Waals surface area contributed by atoms with Crippen molar-refractivity contribution in [1.29, 1.82) is 0 Å². The molecular formula is C31H37FN6O4Si. The van der Waals surface area contributed by atoms with Gasteiger partial charge < -0.3 is 18.9 Å². The molecule has 3 aliphatic heterocycles. The number of carbonyl (C=O) groups excluding carboxylic acids is 2. The number of ether oxygens (including phenoxy) is 1. The average molecular weight is 605 g/mol. The summed E-state index contributed by atoms with van der Waals surface area (Å²) < 4.78 is 24.5. The van der Waals surface area contributed by atoms with Crippen LogP contribution < -0.4 is 9.91 Å². The number of halogens is 1. The second kappa shape index (κ2) is 11.1. The number of fused-ring (bicyclic) bond motifs is 2. The molecule has 3 aromatic rings. The number of anilines is 2. The lowest BCUT2D eigenvalue weighted by Gasteiger charge is -2.31. The van der Waals surface area contributed by atoms with Gasteiger partial charge in [0.05, 0.1) is 28.9 Å². The molecule has 1 spiro atoms. The Labute approximate surface area is 251 Å². The maximum absolute atomic E-state index is 16.1. The van der Waals surface area contributed by atoms with Crippen molar-refractivity contribution in [2.75, 3.05) is 23.6 Å². The summed E-state index contributed by atoms with van der Waals surface area (Å²) in [5, 5.41) is 23.6. The number of amides is 2. The standard InChI is InChI=1S/C31H37FN6O4Si/c1-20-29(43(3,4)32)27(14-16-37-19-22(15-17-39)33-35-37)42-31(20)24-18-23(10-12-26(24)36(2)30(31)41)38-28(40)13-11-25(34-38)21-8-6-5-7-9-21/h5-10,12,18-20,27,29,39H,11,13-17H2,1-4H3/t20-,27+,29-,31+/m1/s1. The van der Waals surface area contributed by atoms with Crippen molar-refractivity contribution in [3.63, 3.8) is 0 Å². The molecule has 1 fully saturated rings. The Balaban J connectivity index is 1.37. The molecule has 2 aromatic carbocycles. The van der Waals surface area contributed by atoms with Crippen molar-refractivity contribution in [2.24, 2.45) is 11.0 Å². The van der Waals surface area contributed by atoms with E-state index in [1.807, 2.05) is 49.4 Å². The highest BCUT2D eigenvalue weighted by atomic mass is 28.4. The molecular weight excluding hydrogens is 567 g/mol. The largest absolute Gasteiger partial charge is 0.396 e. The van der Waals surface area contributed by atoms with Gasteiger partial charge in [0.15, 0.2) is 5.60 Å². The number of benzene rings is 2. The average Bonchev–Trinajstić information content (AvgIpc) is 3.63. The fourth-order valence-corrected chi connectivity index (χ4v) is 9.61. The summed E-state index contributed by atoms with van der Waals surface area (Å²) >= 11 is 0. The van der Waals surface area contributed by atoms with Gasteiger partial charge in [-0.2, -0.15) is 5.10 Å². The first-order valence-corrected chi connectivity index (χ1v) is 17.7. The molecule has 1 aromatic heterocycles. The van der Waals surface area contributed by atoms with Gasteiger partial charge in [0, 0.05) is 62.7 Å². The van der Waals surface area contributed by atoms with E-state index in [2.05, 4.69) is 10.3 Å². The highest BCUT2D eigenvalue weighted by Gasteiger charge is 2.66. The highest BCUT2D eigenvalue weighted by Crippen LogP contribution is 2.60. The number of hydrogen-bond acceptors (Lipinski definition) is 7. The fraction of sp³-hybridized carbons (Fsp3) is 0.452. The molecule has 6 rings (SSSR count). The molecule has 2 amide bonds. The van der Waals surface area contributed by atoms with Crippen LogP contribution in [0, 0.1) is 5.92 Å². The molecule has 0 unspecified atom stereocenters. The first-order chi connectivity index (χ1) is 20.5. The minimum absolute atomic E-state index is 0.0207. The SMILES string of the molecule is C[C@@H]1[C@@H]([Si](C)(C)F)[C@H](CCn2cc(CCO)nn2)O[C@@]12C(=O)N(C)c1ccc(N3N=C(c4ccccc4)CCC3=O)cc12. The van der Waals surface area contributed by atoms with Gasteiger partial charge in [-0.15, -0.1) is 5.10 Å². The van der Waals surface area contributed by atoms with Crippen LogP contribution in [0.3, 0.4) is 0 Å². The molecule has 1 N–H and O–H groups in total. The second-order valence-electron chi connectivity index (χ2n) is 12.2. The fourth-order valence-electron chi connectivity index (χ4n) is 7.07. The smallest absolute Gasteiger partial charge is 0.264 e. The van der Waals surface area contributed by atoms with Crippen LogP contribution in [0.15, 0.2) is 59.8 Å². The van der Waals surface area contributed by atoms with Crippen molar-refractivity contribution in [2.45, 2.75) is 69.5 Å². The lowest BCUT2D eigenvalue weighted by atomic mass is 9.82. The first kappa shape index (κ1) is 29.3. The van der Waals surface area contributed by atoms with E-state index >= 15 is 4.11 Å². The number of likely N-dealkylation sites (N-methyl/N-ethyl adjacent to an activating group) is 1. The van der Waals surface area contributed by atoms with Crippen molar-refractivity contribution < 1.29 is 23.5 Å². The van der Waals surface area contributed by atoms with Gasteiger partial charge in [0.1, 0.15) is 0 Å². The van der Waals surface area contributed by atoms with Crippen LogP contribution in [0.4, 0.5) is 15.5 Å². The maximum atomic E-state index is 16.1. The van der Waals surface area contributed by atoms with E-state index in [0.717, 1.165) is 11.3 Å². The molecule has 43 heavy (non-hydrogen) atoms. The van der Waals surface area contributed by atoms with Crippen LogP contribution in [0.1, 0.15) is 43.0 Å². The van der Waals surface area contributed by atoms with Gasteiger partial charge in [-0.25, -0.2) is 5.01 Å². The Hall–Kier alpha value is -3.74. The van der Waals surface area contributed by atoms with E-state index in [9.17, 15) is 14.7 Å². The zero-order valence-corrected chi connectivity index (χ0v) is 25.9. The van der Waals surface area contributed by atoms with E-state index < -0.39 is 31.6 Å². The minimum Gasteiger partial charge on any atom is -0.396 e. The summed E-state index contributed by atoms with van der Waals surface area (Å²) in [5.41, 5.74) is 2.46. The van der Waals surface area contributed by atoms with Gasteiger partial charge in [-0.05, 0) is 43.3 Å². The molecule has 4 heterocycles. The summed E-state index contributed by atoms with van der Waals surface area (Å²) in [6.07, 6.45) is 2.95. The molecule has 10 nitrogen and oxygen atoms in total. The van der Waals surface area contributed by atoms with Crippen LogP contribution in [0.2, 0.25) is 18.6 Å². The van der Waals surface area contributed by atoms with E-state index in [1.165, 1.54) is 5.01 Å². The number of aryl methyl sites for hydroxylation is 1. The van der Waals surface area contributed by atoms with Crippen LogP contribution in [-0.2, 0) is 32.9 Å². The Morgan fingerprint density at radius 1 is 1.14 bits per heavy atom. The Bertz CT molecular complexity index is 1570. The number of carbonyl (C=O) groups is 2. The highest BCUT2D eigenvalue weighted by molar-refractivity contribution is 6.72. The molecule has 0 aliphatic carbocycles. The van der Waals surface area contributed by atoms with E-state index in [-0.39, 0.29) is 18.4 Å². The number of aromatic nitrogens is 3. The summed E-state index contributed by atoms with van der Waals surface area (Å²) in [7, 11) is -1.62. The third-order valence-electron chi connectivity index (χ3n) is 9.06. The van der Waals surface area contributed by atoms with Crippen molar-refractivity contribution in [3.05, 3.63) is 71.5 Å².